The van der Waals surface area contributed by atoms with E-state index in [4.69, 9.17) is 4.74 Å². The van der Waals surface area contributed by atoms with Gasteiger partial charge in [-0.1, -0.05) is 30.3 Å². The standard InChI is InChI=1S/C18H20N6O2/c1-2-26-18-15(10-6-12-19-18)20-16(25)11-7-13-24-22-17(21-23-24)14-8-4-3-5-9-14/h3-6,8-10,12H,2,7,11,13H2,1H3,(H,20,25). The average molecular weight is 352 g/mol. The molecule has 0 spiro atoms. The molecule has 0 aliphatic carbocycles. The van der Waals surface area contributed by atoms with Crippen LogP contribution < -0.4 is 10.1 Å². The summed E-state index contributed by atoms with van der Waals surface area (Å²) >= 11 is 0. The molecule has 3 aromatic rings. The normalized spacial score (nSPS) is 10.5. The quantitative estimate of drug-likeness (QED) is 0.669. The molecule has 1 N–H and O–H groups in total. The van der Waals surface area contributed by atoms with Crippen LogP contribution in [0.15, 0.2) is 48.7 Å². The largest absolute Gasteiger partial charge is 0.476 e. The molecule has 8 heteroatoms. The number of anilines is 1. The van der Waals surface area contributed by atoms with Crippen molar-refractivity contribution in [3.8, 4) is 17.3 Å². The van der Waals surface area contributed by atoms with E-state index in [9.17, 15) is 4.79 Å². The second-order valence-corrected chi connectivity index (χ2v) is 5.52. The van der Waals surface area contributed by atoms with E-state index in [1.54, 1.807) is 18.3 Å². The van der Waals surface area contributed by atoms with Crippen LogP contribution in [0.1, 0.15) is 19.8 Å². The SMILES string of the molecule is CCOc1ncccc1NC(=O)CCCn1nnc(-c2ccccc2)n1. The molecule has 2 heterocycles. The van der Waals surface area contributed by atoms with Gasteiger partial charge in [-0.15, -0.1) is 10.2 Å². The molecular formula is C18H20N6O2. The van der Waals surface area contributed by atoms with Crippen LogP contribution >= 0.6 is 0 Å². The Kier molecular flexibility index (Phi) is 5.87. The van der Waals surface area contributed by atoms with E-state index in [-0.39, 0.29) is 5.91 Å². The van der Waals surface area contributed by atoms with Crippen LogP contribution in [0.4, 0.5) is 5.69 Å². The highest BCUT2D eigenvalue weighted by Crippen LogP contribution is 2.20. The van der Waals surface area contributed by atoms with Gasteiger partial charge in [-0.3, -0.25) is 4.79 Å². The maximum absolute atomic E-state index is 12.1. The minimum Gasteiger partial charge on any atom is -0.476 e. The summed E-state index contributed by atoms with van der Waals surface area (Å²) in [7, 11) is 0. The predicted molar refractivity (Wildman–Crippen MR) is 96.5 cm³/mol. The van der Waals surface area contributed by atoms with Crippen molar-refractivity contribution >= 4 is 11.6 Å². The van der Waals surface area contributed by atoms with E-state index < -0.39 is 0 Å². The zero-order valence-corrected chi connectivity index (χ0v) is 14.5. The molecule has 0 saturated heterocycles. The lowest BCUT2D eigenvalue weighted by Gasteiger charge is -2.09. The van der Waals surface area contributed by atoms with Crippen molar-refractivity contribution in [2.75, 3.05) is 11.9 Å². The summed E-state index contributed by atoms with van der Waals surface area (Å²) < 4.78 is 5.40. The monoisotopic (exact) mass is 352 g/mol. The Hall–Kier alpha value is -3.29. The molecule has 0 unspecified atom stereocenters. The maximum Gasteiger partial charge on any atom is 0.237 e. The number of carbonyl (C=O) groups excluding carboxylic acids is 1. The lowest BCUT2D eigenvalue weighted by atomic mass is 10.2. The molecule has 0 atom stereocenters. The first-order chi connectivity index (χ1) is 12.8. The molecule has 0 radical (unpaired) electrons. The Bertz CT molecular complexity index is 850. The van der Waals surface area contributed by atoms with Gasteiger partial charge in [-0.25, -0.2) is 4.98 Å². The van der Waals surface area contributed by atoms with Gasteiger partial charge in [0.05, 0.1) is 13.2 Å². The Labute approximate surface area is 151 Å². The summed E-state index contributed by atoms with van der Waals surface area (Å²) in [6.45, 7) is 2.87. The van der Waals surface area contributed by atoms with Crippen LogP contribution in [0.5, 0.6) is 5.88 Å². The van der Waals surface area contributed by atoms with Crippen molar-refractivity contribution in [2.24, 2.45) is 0 Å². The fraction of sp³-hybridized carbons (Fsp3) is 0.278. The summed E-state index contributed by atoms with van der Waals surface area (Å²) in [6, 6.07) is 13.2. The lowest BCUT2D eigenvalue weighted by molar-refractivity contribution is -0.116. The molecule has 8 nitrogen and oxygen atoms in total. The highest BCUT2D eigenvalue weighted by molar-refractivity contribution is 5.91. The van der Waals surface area contributed by atoms with Gasteiger partial charge in [0.1, 0.15) is 5.69 Å². The van der Waals surface area contributed by atoms with E-state index in [0.717, 1.165) is 5.56 Å². The molecule has 26 heavy (non-hydrogen) atoms. The fourth-order valence-corrected chi connectivity index (χ4v) is 2.37. The Morgan fingerprint density at radius 1 is 1.19 bits per heavy atom. The number of nitrogens with zero attached hydrogens (tertiary/aromatic N) is 5. The van der Waals surface area contributed by atoms with E-state index in [1.165, 1.54) is 4.80 Å². The Morgan fingerprint density at radius 3 is 2.85 bits per heavy atom. The predicted octanol–water partition coefficient (Wildman–Crippen LogP) is 2.55. The summed E-state index contributed by atoms with van der Waals surface area (Å²) in [4.78, 5) is 17.7. The van der Waals surface area contributed by atoms with E-state index in [1.807, 2.05) is 37.3 Å². The van der Waals surface area contributed by atoms with Crippen LogP contribution in [0.25, 0.3) is 11.4 Å². The first-order valence-electron chi connectivity index (χ1n) is 8.47. The number of carbonyl (C=O) groups is 1. The second-order valence-electron chi connectivity index (χ2n) is 5.52. The van der Waals surface area contributed by atoms with Gasteiger partial charge in [0.15, 0.2) is 0 Å². The number of pyridine rings is 1. The fourth-order valence-electron chi connectivity index (χ4n) is 2.37. The number of ether oxygens (including phenoxy) is 1. The Balaban J connectivity index is 1.49. The molecule has 0 aliphatic heterocycles. The number of hydrogen-bond donors (Lipinski definition) is 1. The molecule has 1 amide bonds. The topological polar surface area (TPSA) is 94.8 Å². The minimum atomic E-state index is -0.109. The Morgan fingerprint density at radius 2 is 2.04 bits per heavy atom. The van der Waals surface area contributed by atoms with Crippen LogP contribution in [0.2, 0.25) is 0 Å². The molecule has 0 saturated carbocycles. The third-order valence-corrected chi connectivity index (χ3v) is 3.57. The van der Waals surface area contributed by atoms with Crippen molar-refractivity contribution in [1.82, 2.24) is 25.2 Å². The van der Waals surface area contributed by atoms with Gasteiger partial charge in [0.2, 0.25) is 17.6 Å². The van der Waals surface area contributed by atoms with Gasteiger partial charge < -0.3 is 10.1 Å². The number of amides is 1. The third kappa shape index (κ3) is 4.62. The van der Waals surface area contributed by atoms with Crippen molar-refractivity contribution in [3.05, 3.63) is 48.7 Å². The molecule has 2 aromatic heterocycles. The zero-order chi connectivity index (χ0) is 18.2. The van der Waals surface area contributed by atoms with Gasteiger partial charge >= 0.3 is 0 Å². The highest BCUT2D eigenvalue weighted by Gasteiger charge is 2.09. The summed E-state index contributed by atoms with van der Waals surface area (Å²) in [6.07, 6.45) is 2.56. The second kappa shape index (κ2) is 8.70. The lowest BCUT2D eigenvalue weighted by Crippen LogP contribution is -2.14. The van der Waals surface area contributed by atoms with Crippen molar-refractivity contribution in [1.29, 1.82) is 0 Å². The van der Waals surface area contributed by atoms with Crippen LogP contribution in [-0.2, 0) is 11.3 Å². The summed E-state index contributed by atoms with van der Waals surface area (Å²) in [5.41, 5.74) is 1.49. The van der Waals surface area contributed by atoms with Crippen molar-refractivity contribution in [3.63, 3.8) is 0 Å². The summed E-state index contributed by atoms with van der Waals surface area (Å²) in [5, 5.41) is 15.2. The number of aromatic nitrogens is 5. The highest BCUT2D eigenvalue weighted by atomic mass is 16.5. The molecule has 0 aliphatic rings. The third-order valence-electron chi connectivity index (χ3n) is 3.57. The number of rotatable bonds is 8. The van der Waals surface area contributed by atoms with Gasteiger partial charge in [-0.2, -0.15) is 4.80 Å². The van der Waals surface area contributed by atoms with E-state index in [0.29, 0.717) is 43.4 Å². The van der Waals surface area contributed by atoms with Crippen molar-refractivity contribution < 1.29 is 9.53 Å². The summed E-state index contributed by atoms with van der Waals surface area (Å²) in [5.74, 6) is 0.892. The van der Waals surface area contributed by atoms with Gasteiger partial charge in [0, 0.05) is 18.2 Å². The molecule has 1 aromatic carbocycles. The molecule has 134 valence electrons. The van der Waals surface area contributed by atoms with Gasteiger partial charge in [-0.05, 0) is 30.7 Å². The molecular weight excluding hydrogens is 332 g/mol. The molecule has 3 rings (SSSR count). The van der Waals surface area contributed by atoms with Crippen LogP contribution in [0, 0.1) is 0 Å². The number of aryl methyl sites for hydroxylation is 1. The smallest absolute Gasteiger partial charge is 0.237 e. The molecule has 0 bridgehead atoms. The number of benzene rings is 1. The number of hydrogen-bond acceptors (Lipinski definition) is 6. The first kappa shape index (κ1) is 17.5. The van der Waals surface area contributed by atoms with E-state index >= 15 is 0 Å². The van der Waals surface area contributed by atoms with E-state index in [2.05, 4.69) is 25.7 Å². The maximum atomic E-state index is 12.1. The van der Waals surface area contributed by atoms with Crippen LogP contribution in [0.3, 0.4) is 0 Å². The van der Waals surface area contributed by atoms with Crippen LogP contribution in [-0.4, -0.2) is 37.7 Å². The number of tetrazole rings is 1. The minimum absolute atomic E-state index is 0.109. The van der Waals surface area contributed by atoms with Crippen molar-refractivity contribution in [2.45, 2.75) is 26.3 Å². The first-order valence-corrected chi connectivity index (χ1v) is 8.47. The molecule has 0 fully saturated rings. The number of nitrogens with one attached hydrogen (secondary N) is 1. The van der Waals surface area contributed by atoms with Gasteiger partial charge in [0.25, 0.3) is 0 Å². The average Bonchev–Trinajstić information content (AvgIpc) is 3.13. The zero-order valence-electron chi connectivity index (χ0n) is 14.5.